The number of carbonyl (C=O) groups is 2. The summed E-state index contributed by atoms with van der Waals surface area (Å²) in [5.41, 5.74) is 0. The lowest BCUT2D eigenvalue weighted by molar-refractivity contribution is -0.341. The summed E-state index contributed by atoms with van der Waals surface area (Å²) in [5.74, 6) is -1.25. The first-order valence-electron chi connectivity index (χ1n) is 23.3. The number of hydrogen-bond acceptors (Lipinski definition) is 18. The van der Waals surface area contributed by atoms with E-state index in [1.807, 2.05) is 0 Å². The molecule has 1 aliphatic heterocycles. The molecule has 0 bridgehead atoms. The van der Waals surface area contributed by atoms with Crippen molar-refractivity contribution in [3.8, 4) is 0 Å². The molecule has 8 N–H and O–H groups in total. The van der Waals surface area contributed by atoms with Gasteiger partial charge in [0, 0.05) is 12.8 Å². The van der Waals surface area contributed by atoms with Crippen LogP contribution in [0.5, 0.6) is 0 Å². The highest BCUT2D eigenvalue weighted by Gasteiger charge is 2.54. The molecule has 2 fully saturated rings. The monoisotopic (exact) mass is 916 g/mol. The lowest BCUT2D eigenvalue weighted by atomic mass is 9.84. The summed E-state index contributed by atoms with van der Waals surface area (Å²) in [6.07, 6.45) is 0.259. The van der Waals surface area contributed by atoms with Crippen LogP contribution in [0.2, 0.25) is 0 Å². The van der Waals surface area contributed by atoms with E-state index in [-0.39, 0.29) is 12.8 Å². The highest BCUT2D eigenvalue weighted by molar-refractivity contribution is 7.45. The van der Waals surface area contributed by atoms with Crippen molar-refractivity contribution in [3.05, 3.63) is 0 Å². The van der Waals surface area contributed by atoms with E-state index in [9.17, 15) is 59.9 Å². The van der Waals surface area contributed by atoms with Gasteiger partial charge in [-0.05, 0) is 12.8 Å². The minimum atomic E-state index is -5.61. The second kappa shape index (κ2) is 32.3. The zero-order valence-corrected chi connectivity index (χ0v) is 38.0. The Kier molecular flexibility index (Phi) is 29.6. The minimum Gasteiger partial charge on any atom is -0.756 e. The Labute approximate surface area is 368 Å². The number of phosphoric acid groups is 1. The smallest absolute Gasteiger partial charge is 0.306 e. The highest BCUT2D eigenvalue weighted by Crippen LogP contribution is 2.44. The maximum atomic E-state index is 13.2. The molecular weight excluding hydrogens is 835 g/mol. The lowest BCUT2D eigenvalue weighted by Crippen LogP contribution is -2.67. The Balaban J connectivity index is 2.00. The Morgan fingerprint density at radius 1 is 0.565 bits per heavy atom. The third-order valence-corrected chi connectivity index (χ3v) is 12.5. The number of aliphatic hydroxyl groups excluding tert-OH is 8. The number of rotatable bonds is 35. The summed E-state index contributed by atoms with van der Waals surface area (Å²) in [7, 11) is -5.61. The van der Waals surface area contributed by atoms with Gasteiger partial charge in [-0.2, -0.15) is 0 Å². The van der Waals surface area contributed by atoms with Crippen LogP contribution in [0.3, 0.4) is 0 Å². The maximum Gasteiger partial charge on any atom is 0.306 e. The normalized spacial score (nSPS) is 29.2. The van der Waals surface area contributed by atoms with E-state index in [0.29, 0.717) is 12.8 Å². The number of hydrogen-bond donors (Lipinski definition) is 8. The molecule has 0 amide bonds. The van der Waals surface area contributed by atoms with Gasteiger partial charge >= 0.3 is 11.9 Å². The van der Waals surface area contributed by atoms with Crippen LogP contribution in [0, 0.1) is 0 Å². The van der Waals surface area contributed by atoms with Gasteiger partial charge in [0.2, 0.25) is 0 Å². The van der Waals surface area contributed by atoms with Gasteiger partial charge < -0.3 is 73.7 Å². The first kappa shape index (κ1) is 56.8. The maximum absolute atomic E-state index is 13.2. The Morgan fingerprint density at radius 3 is 1.45 bits per heavy atom. The third kappa shape index (κ3) is 21.8. The van der Waals surface area contributed by atoms with Gasteiger partial charge in [0.1, 0.15) is 67.6 Å². The topological polar surface area (TPSA) is 291 Å². The highest BCUT2D eigenvalue weighted by atomic mass is 31.2. The molecule has 0 aromatic heterocycles. The Morgan fingerprint density at radius 2 is 0.984 bits per heavy atom. The summed E-state index contributed by atoms with van der Waals surface area (Å²) in [5, 5.41) is 82.6. The van der Waals surface area contributed by atoms with Gasteiger partial charge in [-0.1, -0.05) is 142 Å². The van der Waals surface area contributed by atoms with E-state index in [2.05, 4.69) is 13.8 Å². The van der Waals surface area contributed by atoms with E-state index in [0.717, 1.165) is 51.4 Å². The van der Waals surface area contributed by atoms with E-state index in [1.165, 1.54) is 77.0 Å². The van der Waals surface area contributed by atoms with Crippen molar-refractivity contribution in [1.29, 1.82) is 0 Å². The van der Waals surface area contributed by atoms with Crippen LogP contribution >= 0.6 is 7.82 Å². The molecule has 0 spiro atoms. The molecule has 0 aromatic carbocycles. The van der Waals surface area contributed by atoms with Gasteiger partial charge in [0.05, 0.1) is 13.2 Å². The summed E-state index contributed by atoms with van der Waals surface area (Å²) >= 11 is 0. The van der Waals surface area contributed by atoms with E-state index >= 15 is 0 Å². The largest absolute Gasteiger partial charge is 0.756 e. The average Bonchev–Trinajstić information content (AvgIpc) is 3.25. The fourth-order valence-electron chi connectivity index (χ4n) is 7.64. The SMILES string of the molecule is CCCCCCCCCCCCCC(=O)OC[C@@H](COP(=O)([O-])OC1[C@H](O[C@@H]2OC(CO)[C@H](O)C(O)C2O)C(O)C(O)[C@H](O)[C@H]1O)OC(=O)CCCCCCCCCCCCC. The third-order valence-electron chi connectivity index (χ3n) is 11.6. The second-order valence-corrected chi connectivity index (χ2v) is 18.3. The molecule has 2 aliphatic rings. The molecule has 62 heavy (non-hydrogen) atoms. The Hall–Kier alpha value is -1.35. The number of aliphatic hydroxyl groups is 8. The van der Waals surface area contributed by atoms with Gasteiger partial charge in [-0.15, -0.1) is 0 Å². The standard InChI is InChI=1S/C43H81O18P/c1-3-5-7-9-11-13-15-17-19-21-23-25-32(45)56-28-30(58-33(46)26-24-22-20-18-16-14-12-10-8-6-4-2)29-57-62(54,55)61-42-39(52)37(50)36(49)38(51)41(42)60-43-40(53)35(48)34(47)31(27-44)59-43/h30-31,34-44,47-53H,3-29H2,1-2H3,(H,54,55)/p-1/t30-,31?,34-,35?,36?,37-,38?,39+,40?,41+,42?,43-/m0/s1. The number of unbranched alkanes of at least 4 members (excludes halogenated alkanes) is 20. The van der Waals surface area contributed by atoms with Gasteiger partial charge in [-0.25, -0.2) is 0 Å². The van der Waals surface area contributed by atoms with Crippen molar-refractivity contribution in [3.63, 3.8) is 0 Å². The molecule has 18 nitrogen and oxygen atoms in total. The van der Waals surface area contributed by atoms with E-state index in [1.54, 1.807) is 0 Å². The molecule has 1 saturated carbocycles. The van der Waals surface area contributed by atoms with Crippen molar-refractivity contribution in [1.82, 2.24) is 0 Å². The molecule has 13 atom stereocenters. The molecule has 19 heteroatoms. The minimum absolute atomic E-state index is 0.0229. The molecule has 0 radical (unpaired) electrons. The van der Waals surface area contributed by atoms with Crippen LogP contribution in [0.15, 0.2) is 0 Å². The van der Waals surface area contributed by atoms with Gasteiger partial charge in [0.25, 0.3) is 7.82 Å². The first-order valence-corrected chi connectivity index (χ1v) is 24.8. The Bertz CT molecular complexity index is 1230. The van der Waals surface area contributed by atoms with Crippen LogP contribution in [0.25, 0.3) is 0 Å². The van der Waals surface area contributed by atoms with Gasteiger partial charge in [0.15, 0.2) is 12.4 Å². The van der Waals surface area contributed by atoms with Crippen molar-refractivity contribution in [2.75, 3.05) is 19.8 Å². The first-order chi connectivity index (χ1) is 29.7. The number of esters is 2. The average molecular weight is 916 g/mol. The molecule has 366 valence electrons. The molecule has 7 unspecified atom stereocenters. The zero-order chi connectivity index (χ0) is 45.9. The molecule has 1 aliphatic carbocycles. The van der Waals surface area contributed by atoms with E-state index < -0.39 is 113 Å². The van der Waals surface area contributed by atoms with Crippen molar-refractivity contribution in [2.45, 2.75) is 241 Å². The molecule has 1 heterocycles. The van der Waals surface area contributed by atoms with E-state index in [4.69, 9.17) is 28.0 Å². The summed E-state index contributed by atoms with van der Waals surface area (Å²) in [4.78, 5) is 38.7. The molecule has 1 saturated heterocycles. The van der Waals surface area contributed by atoms with Gasteiger partial charge in [-0.3, -0.25) is 14.2 Å². The van der Waals surface area contributed by atoms with Crippen molar-refractivity contribution >= 4 is 19.8 Å². The second-order valence-electron chi connectivity index (χ2n) is 16.9. The van der Waals surface area contributed by atoms with Crippen molar-refractivity contribution in [2.24, 2.45) is 0 Å². The van der Waals surface area contributed by atoms with Crippen LogP contribution in [-0.4, -0.2) is 146 Å². The fraction of sp³-hybridized carbons (Fsp3) is 0.953. The number of phosphoric ester groups is 1. The quantitative estimate of drug-likeness (QED) is 0.0257. The number of carbonyl (C=O) groups excluding carboxylic acids is 2. The summed E-state index contributed by atoms with van der Waals surface area (Å²) in [6, 6.07) is 0. The molecule has 0 aromatic rings. The molecular formula is C43H80O18P-. The molecule has 2 rings (SSSR count). The summed E-state index contributed by atoms with van der Waals surface area (Å²) < 4.78 is 44.8. The van der Waals surface area contributed by atoms with Crippen LogP contribution in [0.4, 0.5) is 0 Å². The predicted molar refractivity (Wildman–Crippen MR) is 224 cm³/mol. The number of ether oxygens (including phenoxy) is 4. The fourth-order valence-corrected chi connectivity index (χ4v) is 8.59. The van der Waals surface area contributed by atoms with Crippen LogP contribution in [-0.2, 0) is 42.1 Å². The lowest BCUT2D eigenvalue weighted by Gasteiger charge is -2.47. The van der Waals surface area contributed by atoms with Crippen LogP contribution < -0.4 is 4.89 Å². The van der Waals surface area contributed by atoms with Crippen molar-refractivity contribution < 1.29 is 87.9 Å². The summed E-state index contributed by atoms with van der Waals surface area (Å²) in [6.45, 7) is 2.08. The van der Waals surface area contributed by atoms with Crippen LogP contribution in [0.1, 0.15) is 168 Å². The zero-order valence-electron chi connectivity index (χ0n) is 37.1. The predicted octanol–water partition coefficient (Wildman–Crippen LogP) is 3.36.